The summed E-state index contributed by atoms with van der Waals surface area (Å²) in [6, 6.07) is 6.47. The van der Waals surface area contributed by atoms with Gasteiger partial charge < -0.3 is 19.5 Å². The van der Waals surface area contributed by atoms with Gasteiger partial charge in [0.15, 0.2) is 0 Å². The van der Waals surface area contributed by atoms with Crippen molar-refractivity contribution in [3.05, 3.63) is 48.0 Å². The van der Waals surface area contributed by atoms with E-state index in [1.807, 2.05) is 12.5 Å². The number of aromatic nitrogens is 2. The fraction of sp³-hybridized carbons (Fsp3) is 0.421. The van der Waals surface area contributed by atoms with Gasteiger partial charge in [0.1, 0.15) is 5.75 Å². The zero-order chi connectivity index (χ0) is 19.7. The molecular weight excluding hydrogens is 336 g/mol. The summed E-state index contributed by atoms with van der Waals surface area (Å²) in [6.07, 6.45) is 6.60. The third-order valence-corrected chi connectivity index (χ3v) is 3.51. The number of nitrogens with zero attached hydrogens (tertiary/aromatic N) is 2. The molecule has 142 valence electrons. The van der Waals surface area contributed by atoms with Crippen LogP contribution in [-0.2, 0) is 21.5 Å². The van der Waals surface area contributed by atoms with Crippen LogP contribution in [0.25, 0.3) is 0 Å². The molecule has 0 unspecified atom stereocenters. The highest BCUT2D eigenvalue weighted by Gasteiger charge is 2.18. The lowest BCUT2D eigenvalue weighted by Gasteiger charge is -2.23. The molecule has 1 aromatic heterocycles. The van der Waals surface area contributed by atoms with Crippen molar-refractivity contribution in [1.29, 1.82) is 0 Å². The minimum atomic E-state index is -1.82. The normalized spacial score (nSPS) is 10.6. The second-order valence-corrected chi connectivity index (χ2v) is 6.86. The van der Waals surface area contributed by atoms with E-state index in [1.54, 1.807) is 6.20 Å². The largest absolute Gasteiger partial charge is 0.493 e. The number of ether oxygens (including phenoxy) is 1. The second-order valence-electron chi connectivity index (χ2n) is 6.86. The van der Waals surface area contributed by atoms with Crippen molar-refractivity contribution in [2.45, 2.75) is 46.1 Å². The predicted octanol–water partition coefficient (Wildman–Crippen LogP) is 3.11. The molecule has 0 bridgehead atoms. The Morgan fingerprint density at radius 2 is 1.85 bits per heavy atom. The molecule has 2 aromatic rings. The van der Waals surface area contributed by atoms with E-state index in [4.69, 9.17) is 24.5 Å². The van der Waals surface area contributed by atoms with Crippen LogP contribution in [0.1, 0.15) is 38.3 Å². The topological polar surface area (TPSA) is 102 Å². The Balaban J connectivity index is 0.000000487. The maximum absolute atomic E-state index is 9.10. The molecule has 0 radical (unpaired) electrons. The number of benzene rings is 1. The first-order chi connectivity index (χ1) is 12.1. The highest BCUT2D eigenvalue weighted by Crippen LogP contribution is 2.32. The number of imidazole rings is 1. The van der Waals surface area contributed by atoms with Crippen LogP contribution in [0.15, 0.2) is 36.9 Å². The zero-order valence-corrected chi connectivity index (χ0v) is 15.6. The average molecular weight is 362 g/mol. The van der Waals surface area contributed by atoms with Gasteiger partial charge in [-0.25, -0.2) is 14.6 Å². The number of aliphatic carboxylic acids is 2. The van der Waals surface area contributed by atoms with Crippen LogP contribution in [0.3, 0.4) is 0 Å². The monoisotopic (exact) mass is 362 g/mol. The Morgan fingerprint density at radius 3 is 2.35 bits per heavy atom. The molecule has 7 heteroatoms. The van der Waals surface area contributed by atoms with Crippen molar-refractivity contribution in [2.24, 2.45) is 0 Å². The van der Waals surface area contributed by atoms with E-state index in [1.165, 1.54) is 11.1 Å². The van der Waals surface area contributed by atoms with Gasteiger partial charge in [-0.15, -0.1) is 0 Å². The van der Waals surface area contributed by atoms with Crippen molar-refractivity contribution in [3.63, 3.8) is 0 Å². The van der Waals surface area contributed by atoms with Crippen molar-refractivity contribution in [1.82, 2.24) is 9.55 Å². The predicted molar refractivity (Wildman–Crippen MR) is 97.5 cm³/mol. The molecule has 0 aliphatic rings. The van der Waals surface area contributed by atoms with Gasteiger partial charge in [-0.2, -0.15) is 0 Å². The third kappa shape index (κ3) is 7.38. The molecule has 0 atom stereocenters. The fourth-order valence-electron chi connectivity index (χ4n) is 2.22. The summed E-state index contributed by atoms with van der Waals surface area (Å²) in [6.45, 7) is 10.4. The highest BCUT2D eigenvalue weighted by atomic mass is 16.5. The minimum absolute atomic E-state index is 0.105. The molecule has 7 nitrogen and oxygen atoms in total. The molecule has 0 saturated heterocycles. The quantitative estimate of drug-likeness (QED) is 0.626. The van der Waals surface area contributed by atoms with E-state index in [0.717, 1.165) is 25.3 Å². The summed E-state index contributed by atoms with van der Waals surface area (Å²) in [5.74, 6) is -2.63. The lowest BCUT2D eigenvalue weighted by molar-refractivity contribution is -0.159. The number of hydrogen-bond acceptors (Lipinski definition) is 4. The summed E-state index contributed by atoms with van der Waals surface area (Å²) in [7, 11) is 0. The first-order valence-corrected chi connectivity index (χ1v) is 8.27. The van der Waals surface area contributed by atoms with E-state index < -0.39 is 11.9 Å². The molecule has 1 heterocycles. The van der Waals surface area contributed by atoms with Crippen molar-refractivity contribution in [3.8, 4) is 5.75 Å². The lowest BCUT2D eigenvalue weighted by atomic mass is 9.86. The van der Waals surface area contributed by atoms with Gasteiger partial charge in [-0.05, 0) is 36.0 Å². The summed E-state index contributed by atoms with van der Waals surface area (Å²) in [5, 5.41) is 14.8. The molecule has 1 aromatic carbocycles. The molecule has 2 N–H and O–H groups in total. The maximum Gasteiger partial charge on any atom is 0.414 e. The van der Waals surface area contributed by atoms with Crippen molar-refractivity contribution >= 4 is 11.9 Å². The number of carbonyl (C=O) groups is 2. The highest BCUT2D eigenvalue weighted by molar-refractivity contribution is 6.27. The Morgan fingerprint density at radius 1 is 1.19 bits per heavy atom. The molecular formula is C19H26N2O5. The van der Waals surface area contributed by atoms with E-state index >= 15 is 0 Å². The number of hydrogen-bond donors (Lipinski definition) is 2. The first kappa shape index (κ1) is 21.2. The van der Waals surface area contributed by atoms with Crippen molar-refractivity contribution in [2.75, 3.05) is 6.61 Å². The van der Waals surface area contributed by atoms with E-state index in [9.17, 15) is 0 Å². The molecule has 0 spiro atoms. The Hall–Kier alpha value is -2.83. The molecule has 0 amide bonds. The Kier molecular flexibility index (Phi) is 7.83. The average Bonchev–Trinajstić information content (AvgIpc) is 3.04. The summed E-state index contributed by atoms with van der Waals surface area (Å²) in [4.78, 5) is 22.2. The number of aryl methyl sites for hydroxylation is 2. The van der Waals surface area contributed by atoms with Gasteiger partial charge in [-0.3, -0.25) is 0 Å². The van der Waals surface area contributed by atoms with Crippen LogP contribution in [0, 0.1) is 6.92 Å². The third-order valence-electron chi connectivity index (χ3n) is 3.51. The van der Waals surface area contributed by atoms with Crippen LogP contribution in [0.4, 0.5) is 0 Å². The minimum Gasteiger partial charge on any atom is -0.493 e. The van der Waals surface area contributed by atoms with Gasteiger partial charge in [-0.1, -0.05) is 32.9 Å². The smallest absolute Gasteiger partial charge is 0.414 e. The Bertz CT molecular complexity index is 706. The molecule has 0 fully saturated rings. The van der Waals surface area contributed by atoms with Crippen LogP contribution in [-0.4, -0.2) is 38.3 Å². The van der Waals surface area contributed by atoms with Crippen LogP contribution in [0.5, 0.6) is 5.75 Å². The molecule has 2 rings (SSSR count). The standard InChI is InChI=1S/C17H24N2O.C2H2O4/c1-14-6-7-15(17(2,3)4)16(12-14)20-11-5-9-19-10-8-18-13-19;3-1(4)2(5)6/h6-8,10,12-13H,5,9,11H2,1-4H3;(H,3,4)(H,5,6). The molecule has 26 heavy (non-hydrogen) atoms. The van der Waals surface area contributed by atoms with Gasteiger partial charge in [0.05, 0.1) is 12.9 Å². The van der Waals surface area contributed by atoms with Gasteiger partial charge in [0.2, 0.25) is 0 Å². The number of carboxylic acid groups (broad SMARTS) is 2. The zero-order valence-electron chi connectivity index (χ0n) is 15.6. The van der Waals surface area contributed by atoms with E-state index in [0.29, 0.717) is 0 Å². The number of rotatable bonds is 5. The van der Waals surface area contributed by atoms with E-state index in [-0.39, 0.29) is 5.41 Å². The summed E-state index contributed by atoms with van der Waals surface area (Å²) in [5.41, 5.74) is 2.61. The SMILES string of the molecule is Cc1ccc(C(C)(C)C)c(OCCCn2ccnc2)c1.O=C(O)C(=O)O. The molecule has 0 aliphatic carbocycles. The van der Waals surface area contributed by atoms with Gasteiger partial charge >= 0.3 is 11.9 Å². The summed E-state index contributed by atoms with van der Waals surface area (Å²) >= 11 is 0. The fourth-order valence-corrected chi connectivity index (χ4v) is 2.22. The molecule has 0 aliphatic heterocycles. The van der Waals surface area contributed by atoms with Gasteiger partial charge in [0, 0.05) is 18.9 Å². The van der Waals surface area contributed by atoms with Crippen LogP contribution < -0.4 is 4.74 Å². The second kappa shape index (κ2) is 9.60. The summed E-state index contributed by atoms with van der Waals surface area (Å²) < 4.78 is 8.08. The van der Waals surface area contributed by atoms with Crippen LogP contribution >= 0.6 is 0 Å². The van der Waals surface area contributed by atoms with Gasteiger partial charge in [0.25, 0.3) is 0 Å². The molecule has 0 saturated carbocycles. The first-order valence-electron chi connectivity index (χ1n) is 8.27. The van der Waals surface area contributed by atoms with Crippen molar-refractivity contribution < 1.29 is 24.5 Å². The van der Waals surface area contributed by atoms with E-state index in [2.05, 4.69) is 55.4 Å². The Labute approximate surface area is 153 Å². The number of carboxylic acids is 2. The lowest BCUT2D eigenvalue weighted by Crippen LogP contribution is -2.14. The van der Waals surface area contributed by atoms with Crippen LogP contribution in [0.2, 0.25) is 0 Å². The maximum atomic E-state index is 9.10.